The number of nitrogens with two attached hydrogens (primary N) is 1. The van der Waals surface area contributed by atoms with Crippen molar-refractivity contribution in [3.8, 4) is 5.88 Å². The largest absolute Gasteiger partial charge is 0.475 e. The number of rotatable bonds is 5. The topological polar surface area (TPSA) is 84.0 Å². The van der Waals surface area contributed by atoms with Crippen LogP contribution in [0.2, 0.25) is 0 Å². The molecule has 0 aliphatic carbocycles. The molecule has 21 heavy (non-hydrogen) atoms. The van der Waals surface area contributed by atoms with Crippen molar-refractivity contribution in [2.75, 3.05) is 18.1 Å². The summed E-state index contributed by atoms with van der Waals surface area (Å²) in [6.07, 6.45) is 1.71. The first-order chi connectivity index (χ1) is 10.0. The molecule has 0 amide bonds. The Bertz CT molecular complexity index is 635. The molecule has 0 saturated carbocycles. The molecule has 1 heterocycles. The Balaban J connectivity index is 2.27. The van der Waals surface area contributed by atoms with Gasteiger partial charge in [-0.3, -0.25) is 5.41 Å². The van der Waals surface area contributed by atoms with Gasteiger partial charge in [0.15, 0.2) is 0 Å². The van der Waals surface area contributed by atoms with Crippen LogP contribution in [0.5, 0.6) is 5.88 Å². The Kier molecular flexibility index (Phi) is 4.42. The fourth-order valence-electron chi connectivity index (χ4n) is 1.92. The number of nitrogens with zero attached hydrogens (tertiary/aromatic N) is 1. The molecule has 2 rings (SSSR count). The van der Waals surface area contributed by atoms with Crippen LogP contribution in [0.1, 0.15) is 25.0 Å². The standard InChI is InChI=1S/C16H20N4O/c1-10(2)21-15-7-4-11(9-20-15)16(18)13-8-12(19-3)5-6-14(13)17/h4-10,18-19H,17H2,1-3H3. The Morgan fingerprint density at radius 3 is 2.62 bits per heavy atom. The van der Waals surface area contributed by atoms with Crippen molar-refractivity contribution in [3.63, 3.8) is 0 Å². The molecule has 0 bridgehead atoms. The van der Waals surface area contributed by atoms with Crippen LogP contribution in [0, 0.1) is 5.41 Å². The first-order valence-electron chi connectivity index (χ1n) is 6.80. The zero-order chi connectivity index (χ0) is 15.4. The summed E-state index contributed by atoms with van der Waals surface area (Å²) < 4.78 is 5.50. The molecule has 1 aromatic heterocycles. The molecular weight excluding hydrogens is 264 g/mol. The van der Waals surface area contributed by atoms with E-state index in [4.69, 9.17) is 15.9 Å². The highest BCUT2D eigenvalue weighted by molar-refractivity contribution is 6.14. The lowest BCUT2D eigenvalue weighted by atomic mass is 10.0. The van der Waals surface area contributed by atoms with Crippen molar-refractivity contribution >= 4 is 17.1 Å². The van der Waals surface area contributed by atoms with Crippen molar-refractivity contribution in [1.29, 1.82) is 5.41 Å². The monoisotopic (exact) mass is 284 g/mol. The van der Waals surface area contributed by atoms with Crippen molar-refractivity contribution in [3.05, 3.63) is 47.7 Å². The Morgan fingerprint density at radius 2 is 2.05 bits per heavy atom. The number of benzene rings is 1. The number of hydrogen-bond acceptors (Lipinski definition) is 5. The minimum absolute atomic E-state index is 0.0748. The number of nitrogens with one attached hydrogen (secondary N) is 2. The van der Waals surface area contributed by atoms with E-state index in [9.17, 15) is 0 Å². The van der Waals surface area contributed by atoms with Gasteiger partial charge in [0, 0.05) is 41.8 Å². The Morgan fingerprint density at radius 1 is 1.29 bits per heavy atom. The number of ether oxygens (including phenoxy) is 1. The first kappa shape index (κ1) is 14.8. The lowest BCUT2D eigenvalue weighted by Crippen LogP contribution is -2.09. The third-order valence-corrected chi connectivity index (χ3v) is 2.99. The van der Waals surface area contributed by atoms with E-state index in [0.29, 0.717) is 28.4 Å². The van der Waals surface area contributed by atoms with Gasteiger partial charge in [0.05, 0.1) is 11.8 Å². The molecule has 5 nitrogen and oxygen atoms in total. The average molecular weight is 284 g/mol. The predicted molar refractivity (Wildman–Crippen MR) is 86.3 cm³/mol. The van der Waals surface area contributed by atoms with Crippen molar-refractivity contribution in [1.82, 2.24) is 4.98 Å². The molecule has 0 radical (unpaired) electrons. The summed E-state index contributed by atoms with van der Waals surface area (Å²) in [6.45, 7) is 3.89. The zero-order valence-corrected chi connectivity index (χ0v) is 12.5. The van der Waals surface area contributed by atoms with E-state index in [1.54, 1.807) is 18.3 Å². The van der Waals surface area contributed by atoms with E-state index in [2.05, 4.69) is 10.3 Å². The van der Waals surface area contributed by atoms with Crippen LogP contribution in [0.4, 0.5) is 11.4 Å². The second kappa shape index (κ2) is 6.26. The summed E-state index contributed by atoms with van der Waals surface area (Å²) in [5.41, 5.74) is 9.17. The molecule has 0 saturated heterocycles. The normalized spacial score (nSPS) is 10.5. The number of pyridine rings is 1. The number of hydrogen-bond donors (Lipinski definition) is 3. The molecule has 0 spiro atoms. The van der Waals surface area contributed by atoms with Crippen LogP contribution in [-0.2, 0) is 0 Å². The summed E-state index contributed by atoms with van der Waals surface area (Å²) in [4.78, 5) is 4.22. The maximum atomic E-state index is 8.31. The highest BCUT2D eigenvalue weighted by Gasteiger charge is 2.10. The lowest BCUT2D eigenvalue weighted by Gasteiger charge is -2.11. The van der Waals surface area contributed by atoms with Gasteiger partial charge in [-0.25, -0.2) is 4.98 Å². The highest BCUT2D eigenvalue weighted by atomic mass is 16.5. The fraction of sp³-hybridized carbons (Fsp3) is 0.250. The number of aromatic nitrogens is 1. The van der Waals surface area contributed by atoms with Gasteiger partial charge in [0.25, 0.3) is 0 Å². The van der Waals surface area contributed by atoms with Crippen LogP contribution in [0.15, 0.2) is 36.5 Å². The maximum absolute atomic E-state index is 8.31. The van der Waals surface area contributed by atoms with E-state index in [1.807, 2.05) is 39.1 Å². The third-order valence-electron chi connectivity index (χ3n) is 2.99. The van der Waals surface area contributed by atoms with Gasteiger partial charge in [-0.15, -0.1) is 0 Å². The molecule has 0 aliphatic rings. The molecule has 4 N–H and O–H groups in total. The summed E-state index contributed by atoms with van der Waals surface area (Å²) in [6, 6.07) is 9.11. The highest BCUT2D eigenvalue weighted by Crippen LogP contribution is 2.21. The maximum Gasteiger partial charge on any atom is 0.213 e. The summed E-state index contributed by atoms with van der Waals surface area (Å²) >= 11 is 0. The van der Waals surface area contributed by atoms with Crippen molar-refractivity contribution in [2.45, 2.75) is 20.0 Å². The second-order valence-corrected chi connectivity index (χ2v) is 4.98. The van der Waals surface area contributed by atoms with Crippen LogP contribution < -0.4 is 15.8 Å². The van der Waals surface area contributed by atoms with Crippen LogP contribution in [-0.4, -0.2) is 23.8 Å². The Labute approximate surface area is 124 Å². The fourth-order valence-corrected chi connectivity index (χ4v) is 1.92. The van der Waals surface area contributed by atoms with E-state index in [-0.39, 0.29) is 6.10 Å². The zero-order valence-electron chi connectivity index (χ0n) is 12.5. The van der Waals surface area contributed by atoms with Crippen LogP contribution in [0.3, 0.4) is 0 Å². The van der Waals surface area contributed by atoms with Crippen molar-refractivity contribution in [2.24, 2.45) is 0 Å². The van der Waals surface area contributed by atoms with Gasteiger partial charge in [0.1, 0.15) is 0 Å². The minimum atomic E-state index is 0.0748. The number of nitrogen functional groups attached to an aromatic ring is 1. The second-order valence-electron chi connectivity index (χ2n) is 4.98. The van der Waals surface area contributed by atoms with E-state index < -0.39 is 0 Å². The third kappa shape index (κ3) is 3.51. The average Bonchev–Trinajstić information content (AvgIpc) is 2.47. The molecule has 1 aromatic carbocycles. The molecule has 0 aliphatic heterocycles. The molecule has 0 atom stereocenters. The molecular formula is C16H20N4O. The van der Waals surface area contributed by atoms with Crippen LogP contribution in [0.25, 0.3) is 0 Å². The van der Waals surface area contributed by atoms with Gasteiger partial charge in [0.2, 0.25) is 5.88 Å². The van der Waals surface area contributed by atoms with Gasteiger partial charge in [-0.1, -0.05) is 0 Å². The van der Waals surface area contributed by atoms with E-state index in [1.165, 1.54) is 0 Å². The predicted octanol–water partition coefficient (Wildman–Crippen LogP) is 2.91. The number of anilines is 2. The quantitative estimate of drug-likeness (QED) is 0.582. The molecule has 0 fully saturated rings. The van der Waals surface area contributed by atoms with Gasteiger partial charge < -0.3 is 15.8 Å². The minimum Gasteiger partial charge on any atom is -0.475 e. The molecule has 2 aromatic rings. The first-order valence-corrected chi connectivity index (χ1v) is 6.80. The van der Waals surface area contributed by atoms with Crippen molar-refractivity contribution < 1.29 is 4.74 Å². The van der Waals surface area contributed by atoms with Gasteiger partial charge in [-0.05, 0) is 38.1 Å². The molecule has 110 valence electrons. The van der Waals surface area contributed by atoms with Gasteiger partial charge >= 0.3 is 0 Å². The molecule has 5 heteroatoms. The summed E-state index contributed by atoms with van der Waals surface area (Å²) in [7, 11) is 1.83. The smallest absolute Gasteiger partial charge is 0.213 e. The SMILES string of the molecule is CNc1ccc(N)c(C(=N)c2ccc(OC(C)C)nc2)c1. The summed E-state index contributed by atoms with van der Waals surface area (Å²) in [5, 5.41) is 11.4. The lowest BCUT2D eigenvalue weighted by molar-refractivity contribution is 0.232. The Hall–Kier alpha value is -2.56. The van der Waals surface area contributed by atoms with E-state index in [0.717, 1.165) is 5.69 Å². The van der Waals surface area contributed by atoms with E-state index >= 15 is 0 Å². The van der Waals surface area contributed by atoms with Gasteiger partial charge in [-0.2, -0.15) is 0 Å². The molecule has 0 unspecified atom stereocenters. The van der Waals surface area contributed by atoms with Crippen LogP contribution >= 0.6 is 0 Å². The summed E-state index contributed by atoms with van der Waals surface area (Å²) in [5.74, 6) is 0.554.